The number of benzene rings is 2. The molecule has 2 aromatic rings. The quantitative estimate of drug-likeness (QED) is 0.536. The van der Waals surface area contributed by atoms with Crippen molar-refractivity contribution in [3.05, 3.63) is 58.1 Å². The monoisotopic (exact) mass is 401 g/mol. The summed E-state index contributed by atoms with van der Waals surface area (Å²) in [6, 6.07) is 10.3. The van der Waals surface area contributed by atoms with Gasteiger partial charge in [-0.15, -0.1) is 0 Å². The zero-order valence-corrected chi connectivity index (χ0v) is 16.0. The van der Waals surface area contributed by atoms with E-state index >= 15 is 0 Å². The number of ether oxygens (including phenoxy) is 1. The average molecular weight is 402 g/mol. The Morgan fingerprint density at radius 3 is 2.36 bits per heavy atom. The van der Waals surface area contributed by atoms with E-state index in [2.05, 4.69) is 0 Å². The number of sulfonamides is 1. The van der Waals surface area contributed by atoms with Crippen molar-refractivity contribution >= 4 is 39.2 Å². The van der Waals surface area contributed by atoms with Crippen LogP contribution in [0.4, 0.5) is 0 Å². The number of carbonyl (C=O) groups is 1. The van der Waals surface area contributed by atoms with Crippen LogP contribution in [0.5, 0.6) is 5.75 Å². The van der Waals surface area contributed by atoms with Crippen molar-refractivity contribution in [2.24, 2.45) is 0 Å². The van der Waals surface area contributed by atoms with Crippen molar-refractivity contribution < 1.29 is 17.9 Å². The Balaban J connectivity index is 2.37. The molecule has 2 rings (SSSR count). The largest absolute Gasteiger partial charge is 0.423 e. The molecule has 0 fully saturated rings. The number of nitrogens with zero attached hydrogens (tertiary/aromatic N) is 1. The zero-order valence-electron chi connectivity index (χ0n) is 13.7. The highest BCUT2D eigenvalue weighted by Crippen LogP contribution is 2.25. The first-order valence-electron chi connectivity index (χ1n) is 7.57. The van der Waals surface area contributed by atoms with E-state index in [1.807, 2.05) is 0 Å². The molecule has 0 amide bonds. The van der Waals surface area contributed by atoms with Crippen molar-refractivity contribution in [3.63, 3.8) is 0 Å². The summed E-state index contributed by atoms with van der Waals surface area (Å²) >= 11 is 11.9. The number of halogens is 2. The highest BCUT2D eigenvalue weighted by molar-refractivity contribution is 7.89. The van der Waals surface area contributed by atoms with Gasteiger partial charge in [-0.05, 0) is 36.4 Å². The number of rotatable bonds is 6. The van der Waals surface area contributed by atoms with Gasteiger partial charge in [0.2, 0.25) is 10.0 Å². The summed E-state index contributed by atoms with van der Waals surface area (Å²) in [5, 5.41) is 0.514. The van der Waals surface area contributed by atoms with Crippen molar-refractivity contribution in [1.29, 1.82) is 0 Å². The van der Waals surface area contributed by atoms with Gasteiger partial charge in [0.15, 0.2) is 0 Å². The van der Waals surface area contributed by atoms with Crippen molar-refractivity contribution in [1.82, 2.24) is 4.31 Å². The van der Waals surface area contributed by atoms with E-state index in [1.165, 1.54) is 28.6 Å². The number of hydrogen-bond acceptors (Lipinski definition) is 4. The van der Waals surface area contributed by atoms with Crippen molar-refractivity contribution in [3.8, 4) is 5.75 Å². The van der Waals surface area contributed by atoms with Crippen LogP contribution in [0.2, 0.25) is 10.0 Å². The van der Waals surface area contributed by atoms with Crippen molar-refractivity contribution in [2.45, 2.75) is 18.7 Å². The molecule has 0 radical (unpaired) electrons. The fraction of sp³-hybridized carbons (Fsp3) is 0.235. The van der Waals surface area contributed by atoms with Gasteiger partial charge in [-0.1, -0.05) is 43.1 Å². The van der Waals surface area contributed by atoms with E-state index in [-0.39, 0.29) is 21.2 Å². The van der Waals surface area contributed by atoms with Gasteiger partial charge in [-0.2, -0.15) is 4.31 Å². The second-order valence-corrected chi connectivity index (χ2v) is 7.86. The van der Waals surface area contributed by atoms with Crippen LogP contribution in [0, 0.1) is 0 Å². The first kappa shape index (κ1) is 19.7. The van der Waals surface area contributed by atoms with Gasteiger partial charge in [0, 0.05) is 18.1 Å². The van der Waals surface area contributed by atoms with Crippen LogP contribution in [0.1, 0.15) is 24.2 Å². The number of hydrogen-bond donors (Lipinski definition) is 0. The molecule has 5 nitrogen and oxygen atoms in total. The lowest BCUT2D eigenvalue weighted by molar-refractivity contribution is 0.0734. The Kier molecular flexibility index (Phi) is 6.46. The highest BCUT2D eigenvalue weighted by Gasteiger charge is 2.24. The number of esters is 1. The molecule has 0 spiro atoms. The molecule has 0 heterocycles. The van der Waals surface area contributed by atoms with Gasteiger partial charge in [0.1, 0.15) is 5.75 Å². The van der Waals surface area contributed by atoms with Gasteiger partial charge in [-0.25, -0.2) is 13.2 Å². The van der Waals surface area contributed by atoms with Gasteiger partial charge < -0.3 is 4.74 Å². The third kappa shape index (κ3) is 4.52. The molecule has 0 unspecified atom stereocenters. The summed E-state index contributed by atoms with van der Waals surface area (Å²) in [7, 11) is -3.71. The molecule has 0 aliphatic heterocycles. The van der Waals surface area contributed by atoms with Gasteiger partial charge in [0.05, 0.1) is 15.5 Å². The lowest BCUT2D eigenvalue weighted by Gasteiger charge is -2.19. The lowest BCUT2D eigenvalue weighted by atomic mass is 10.2. The van der Waals surface area contributed by atoms with Crippen LogP contribution >= 0.6 is 23.2 Å². The SMILES string of the molecule is CCN(CC)S(=O)(=O)c1ccc(Cl)c(C(=O)Oc2cccc(Cl)c2)c1. The van der Waals surface area contributed by atoms with E-state index in [9.17, 15) is 13.2 Å². The summed E-state index contributed by atoms with van der Waals surface area (Å²) in [5.41, 5.74) is -0.0325. The minimum absolute atomic E-state index is 0.0151. The van der Waals surface area contributed by atoms with Crippen LogP contribution in [0.25, 0.3) is 0 Å². The fourth-order valence-electron chi connectivity index (χ4n) is 2.23. The van der Waals surface area contributed by atoms with Gasteiger partial charge in [-0.3, -0.25) is 0 Å². The van der Waals surface area contributed by atoms with Crippen LogP contribution in [-0.4, -0.2) is 31.8 Å². The molecular weight excluding hydrogens is 385 g/mol. The Labute approximate surface area is 157 Å². The first-order chi connectivity index (χ1) is 11.8. The maximum Gasteiger partial charge on any atom is 0.345 e. The molecule has 2 aromatic carbocycles. The molecule has 134 valence electrons. The fourth-order valence-corrected chi connectivity index (χ4v) is 4.09. The number of carbonyl (C=O) groups excluding carboxylic acids is 1. The average Bonchev–Trinajstić information content (AvgIpc) is 2.55. The molecule has 0 bridgehead atoms. The third-order valence-corrected chi connectivity index (χ3v) is 6.12. The zero-order chi connectivity index (χ0) is 18.6. The van der Waals surface area contributed by atoms with Gasteiger partial charge >= 0.3 is 5.97 Å². The van der Waals surface area contributed by atoms with Crippen LogP contribution in [0.15, 0.2) is 47.4 Å². The minimum Gasteiger partial charge on any atom is -0.423 e. The smallest absolute Gasteiger partial charge is 0.345 e. The second-order valence-electron chi connectivity index (χ2n) is 5.08. The predicted octanol–water partition coefficient (Wildman–Crippen LogP) is 4.24. The molecule has 0 aliphatic carbocycles. The Morgan fingerprint density at radius 1 is 1.08 bits per heavy atom. The van der Waals surface area contributed by atoms with E-state index in [0.717, 1.165) is 0 Å². The highest BCUT2D eigenvalue weighted by atomic mass is 35.5. The summed E-state index contributed by atoms with van der Waals surface area (Å²) in [6.07, 6.45) is 0. The first-order valence-corrected chi connectivity index (χ1v) is 9.76. The van der Waals surface area contributed by atoms with Crippen LogP contribution in [-0.2, 0) is 10.0 Å². The molecule has 0 N–H and O–H groups in total. The maximum absolute atomic E-state index is 12.6. The second kappa shape index (κ2) is 8.19. The van der Waals surface area contributed by atoms with E-state index in [0.29, 0.717) is 18.1 Å². The third-order valence-electron chi connectivity index (χ3n) is 3.51. The molecule has 8 heteroatoms. The Morgan fingerprint density at radius 2 is 1.76 bits per heavy atom. The lowest BCUT2D eigenvalue weighted by Crippen LogP contribution is -2.30. The van der Waals surface area contributed by atoms with E-state index in [4.69, 9.17) is 27.9 Å². The molecule has 0 atom stereocenters. The molecular formula is C17H17Cl2NO4S. The normalized spacial score (nSPS) is 11.6. The molecule has 0 saturated heterocycles. The summed E-state index contributed by atoms with van der Waals surface area (Å²) in [5.74, 6) is -0.519. The predicted molar refractivity (Wildman–Crippen MR) is 98.0 cm³/mol. The summed E-state index contributed by atoms with van der Waals surface area (Å²) < 4.78 is 31.7. The molecule has 0 aliphatic rings. The molecule has 25 heavy (non-hydrogen) atoms. The minimum atomic E-state index is -3.71. The van der Waals surface area contributed by atoms with Gasteiger partial charge in [0.25, 0.3) is 0 Å². The summed E-state index contributed by atoms with van der Waals surface area (Å²) in [4.78, 5) is 12.4. The topological polar surface area (TPSA) is 63.7 Å². The summed E-state index contributed by atoms with van der Waals surface area (Å²) in [6.45, 7) is 4.13. The van der Waals surface area contributed by atoms with Crippen molar-refractivity contribution in [2.75, 3.05) is 13.1 Å². The molecule has 0 aromatic heterocycles. The Bertz CT molecular complexity index is 880. The Hall–Kier alpha value is -1.60. The maximum atomic E-state index is 12.6. The standard InChI is InChI=1S/C17H17Cl2NO4S/c1-3-20(4-2)25(22,23)14-8-9-16(19)15(11-14)17(21)24-13-7-5-6-12(18)10-13/h5-11H,3-4H2,1-2H3. The van der Waals surface area contributed by atoms with Crippen LogP contribution < -0.4 is 4.74 Å². The van der Waals surface area contributed by atoms with Crippen LogP contribution in [0.3, 0.4) is 0 Å². The van der Waals surface area contributed by atoms with E-state index in [1.54, 1.807) is 32.0 Å². The van der Waals surface area contributed by atoms with E-state index < -0.39 is 16.0 Å². The molecule has 0 saturated carbocycles.